The van der Waals surface area contributed by atoms with Gasteiger partial charge in [-0.25, -0.2) is 4.79 Å². The van der Waals surface area contributed by atoms with E-state index in [1.807, 2.05) is 37.4 Å². The lowest BCUT2D eigenvalue weighted by molar-refractivity contribution is 0.00683. The van der Waals surface area contributed by atoms with Gasteiger partial charge in [0.2, 0.25) is 0 Å². The molecule has 1 rings (SSSR count). The smallest absolute Gasteiger partial charge is 0.410 e. The summed E-state index contributed by atoms with van der Waals surface area (Å²) in [7, 11) is 0. The first kappa shape index (κ1) is 19.6. The third kappa shape index (κ3) is 7.73. The Balaban J connectivity index is 2.35. The highest BCUT2D eigenvalue weighted by atomic mass is 32.2. The van der Waals surface area contributed by atoms with E-state index in [1.54, 1.807) is 0 Å². The number of hydrogen-bond acceptors (Lipinski definition) is 4. The summed E-state index contributed by atoms with van der Waals surface area (Å²) >= 11 is 1.99. The normalized spacial score (nSPS) is 22.7. The van der Waals surface area contributed by atoms with Crippen molar-refractivity contribution in [3.8, 4) is 0 Å². The minimum atomic E-state index is -0.417. The Bertz CT molecular complexity index is 344. The van der Waals surface area contributed by atoms with Crippen LogP contribution in [0, 0.1) is 5.41 Å². The summed E-state index contributed by atoms with van der Waals surface area (Å²) in [6, 6.07) is 0. The minimum absolute atomic E-state index is 0.160. The van der Waals surface area contributed by atoms with E-state index in [9.17, 15) is 4.79 Å². The van der Waals surface area contributed by atoms with Gasteiger partial charge in [-0.05, 0) is 63.5 Å². The molecule has 1 heterocycles. The van der Waals surface area contributed by atoms with Crippen molar-refractivity contribution >= 4 is 17.9 Å². The maximum absolute atomic E-state index is 12.2. The highest BCUT2D eigenvalue weighted by molar-refractivity contribution is 7.99. The molecule has 1 aliphatic heterocycles. The molecule has 0 saturated carbocycles. The molecule has 5 heteroatoms. The van der Waals surface area contributed by atoms with Gasteiger partial charge in [0.25, 0.3) is 0 Å². The predicted octanol–water partition coefficient (Wildman–Crippen LogP) is 3.76. The van der Waals surface area contributed by atoms with Crippen LogP contribution in [0.25, 0.3) is 0 Å². The number of nitrogens with one attached hydrogen (secondary N) is 1. The second kappa shape index (κ2) is 9.02. The van der Waals surface area contributed by atoms with E-state index < -0.39 is 5.60 Å². The molecule has 0 aromatic heterocycles. The molecular weight excluding hydrogens is 296 g/mol. The van der Waals surface area contributed by atoms with Crippen molar-refractivity contribution in [2.45, 2.75) is 59.5 Å². The Morgan fingerprint density at radius 2 is 2.14 bits per heavy atom. The molecule has 1 N–H and O–H groups in total. The van der Waals surface area contributed by atoms with Gasteiger partial charge in [0, 0.05) is 19.6 Å². The van der Waals surface area contributed by atoms with E-state index in [1.165, 1.54) is 24.3 Å². The van der Waals surface area contributed by atoms with Gasteiger partial charge in [0.05, 0.1) is 0 Å². The van der Waals surface area contributed by atoms with Gasteiger partial charge in [-0.2, -0.15) is 11.8 Å². The van der Waals surface area contributed by atoms with Gasteiger partial charge < -0.3 is 15.0 Å². The maximum atomic E-state index is 12.2. The summed E-state index contributed by atoms with van der Waals surface area (Å²) in [6.45, 7) is 13.9. The number of nitrogens with zero attached hydrogens (tertiary/aromatic N) is 1. The maximum Gasteiger partial charge on any atom is 0.410 e. The van der Waals surface area contributed by atoms with Crippen LogP contribution in [0.15, 0.2) is 0 Å². The van der Waals surface area contributed by atoms with Crippen molar-refractivity contribution in [2.24, 2.45) is 5.41 Å². The van der Waals surface area contributed by atoms with Crippen LogP contribution in [0.1, 0.15) is 53.9 Å². The molecule has 130 valence electrons. The summed E-state index contributed by atoms with van der Waals surface area (Å²) in [5.41, 5.74) is -0.257. The Morgan fingerprint density at radius 3 is 2.77 bits per heavy atom. The third-order valence-electron chi connectivity index (χ3n) is 3.83. The van der Waals surface area contributed by atoms with Crippen LogP contribution in [0.3, 0.4) is 0 Å². The van der Waals surface area contributed by atoms with Crippen molar-refractivity contribution < 1.29 is 9.53 Å². The first-order valence-electron chi connectivity index (χ1n) is 8.52. The van der Waals surface area contributed by atoms with E-state index >= 15 is 0 Å². The molecule has 0 spiro atoms. The lowest BCUT2D eigenvalue weighted by Crippen LogP contribution is -2.50. The number of carbonyl (C=O) groups is 1. The molecule has 0 aromatic rings. The summed E-state index contributed by atoms with van der Waals surface area (Å²) in [4.78, 5) is 14.1. The van der Waals surface area contributed by atoms with Crippen LogP contribution < -0.4 is 5.32 Å². The van der Waals surface area contributed by atoms with Gasteiger partial charge in [0.15, 0.2) is 0 Å². The molecular formula is C17H34N2O2S. The first-order chi connectivity index (χ1) is 10.3. The largest absolute Gasteiger partial charge is 0.444 e. The number of piperidine rings is 1. The highest BCUT2D eigenvalue weighted by Gasteiger charge is 2.34. The average Bonchev–Trinajstić information content (AvgIpc) is 2.41. The number of carbonyl (C=O) groups excluding carboxylic acids is 1. The van der Waals surface area contributed by atoms with E-state index in [4.69, 9.17) is 4.74 Å². The molecule has 22 heavy (non-hydrogen) atoms. The minimum Gasteiger partial charge on any atom is -0.444 e. The van der Waals surface area contributed by atoms with Crippen LogP contribution in [-0.2, 0) is 4.74 Å². The van der Waals surface area contributed by atoms with Crippen LogP contribution in [-0.4, -0.2) is 54.3 Å². The fourth-order valence-corrected chi connectivity index (χ4v) is 3.41. The molecule has 0 radical (unpaired) electrons. The molecule has 0 aliphatic carbocycles. The Kier molecular flexibility index (Phi) is 8.04. The fraction of sp³-hybridized carbons (Fsp3) is 0.941. The zero-order valence-corrected chi connectivity index (χ0v) is 15.9. The molecule has 1 amide bonds. The van der Waals surface area contributed by atoms with Gasteiger partial charge in [-0.3, -0.25) is 0 Å². The predicted molar refractivity (Wildman–Crippen MR) is 95.6 cm³/mol. The van der Waals surface area contributed by atoms with Gasteiger partial charge in [-0.15, -0.1) is 0 Å². The standard InChI is InChI=1S/C17H34N2O2S/c1-6-22-12-8-10-18-13-17(5)9-7-11-19(14-17)15(20)21-16(2,3)4/h18H,6-14H2,1-5H3. The highest BCUT2D eigenvalue weighted by Crippen LogP contribution is 2.29. The van der Waals surface area contributed by atoms with Gasteiger partial charge in [-0.1, -0.05) is 13.8 Å². The number of likely N-dealkylation sites (tertiary alicyclic amines) is 1. The number of amides is 1. The lowest BCUT2D eigenvalue weighted by atomic mass is 9.82. The fourth-order valence-electron chi connectivity index (χ4n) is 2.78. The number of thioether (sulfide) groups is 1. The summed E-state index contributed by atoms with van der Waals surface area (Å²) in [6.07, 6.45) is 3.27. The van der Waals surface area contributed by atoms with Crippen LogP contribution in [0.5, 0.6) is 0 Å². The quantitative estimate of drug-likeness (QED) is 0.722. The topological polar surface area (TPSA) is 41.6 Å². The zero-order valence-electron chi connectivity index (χ0n) is 15.0. The van der Waals surface area contributed by atoms with Crippen molar-refractivity contribution in [1.82, 2.24) is 10.2 Å². The number of rotatable bonds is 7. The summed E-state index contributed by atoms with van der Waals surface area (Å²) in [5.74, 6) is 2.42. The second-order valence-electron chi connectivity index (χ2n) is 7.54. The SMILES string of the molecule is CCSCCCNCC1(C)CCCN(C(=O)OC(C)(C)C)C1. The Hall–Kier alpha value is -0.420. The van der Waals surface area contributed by atoms with Gasteiger partial charge >= 0.3 is 6.09 Å². The summed E-state index contributed by atoms with van der Waals surface area (Å²) in [5, 5.41) is 3.57. The lowest BCUT2D eigenvalue weighted by Gasteiger charge is -2.41. The van der Waals surface area contributed by atoms with Gasteiger partial charge in [0.1, 0.15) is 5.60 Å². The third-order valence-corrected chi connectivity index (χ3v) is 4.82. The molecule has 1 saturated heterocycles. The first-order valence-corrected chi connectivity index (χ1v) is 9.68. The van der Waals surface area contributed by atoms with Crippen LogP contribution in [0.4, 0.5) is 4.79 Å². The molecule has 4 nitrogen and oxygen atoms in total. The molecule has 1 aliphatic rings. The molecule has 1 fully saturated rings. The van der Waals surface area contributed by atoms with E-state index in [-0.39, 0.29) is 11.5 Å². The monoisotopic (exact) mass is 330 g/mol. The van der Waals surface area contributed by atoms with Crippen molar-refractivity contribution in [1.29, 1.82) is 0 Å². The Morgan fingerprint density at radius 1 is 1.41 bits per heavy atom. The second-order valence-corrected chi connectivity index (χ2v) is 8.94. The van der Waals surface area contributed by atoms with E-state index in [0.29, 0.717) is 0 Å². The van der Waals surface area contributed by atoms with Crippen molar-refractivity contribution in [3.63, 3.8) is 0 Å². The van der Waals surface area contributed by atoms with E-state index in [0.717, 1.165) is 32.6 Å². The molecule has 0 aromatic carbocycles. The van der Waals surface area contributed by atoms with Crippen LogP contribution in [0.2, 0.25) is 0 Å². The van der Waals surface area contributed by atoms with E-state index in [2.05, 4.69) is 19.2 Å². The molecule has 1 unspecified atom stereocenters. The zero-order chi connectivity index (χ0) is 16.6. The Labute approximate surface area is 140 Å². The van der Waals surface area contributed by atoms with Crippen molar-refractivity contribution in [2.75, 3.05) is 37.7 Å². The van der Waals surface area contributed by atoms with Crippen LogP contribution >= 0.6 is 11.8 Å². The van der Waals surface area contributed by atoms with Crippen molar-refractivity contribution in [3.05, 3.63) is 0 Å². The summed E-state index contributed by atoms with van der Waals surface area (Å²) < 4.78 is 5.50. The average molecular weight is 331 g/mol. The number of hydrogen-bond donors (Lipinski definition) is 1. The molecule has 1 atom stereocenters. The molecule has 0 bridgehead atoms. The number of ether oxygens (including phenoxy) is 1.